The number of carbonyl (C=O) groups excluding carboxylic acids is 2. The Morgan fingerprint density at radius 1 is 1.15 bits per heavy atom. The van der Waals surface area contributed by atoms with Crippen LogP contribution in [0.5, 0.6) is 5.75 Å². The van der Waals surface area contributed by atoms with E-state index >= 15 is 0 Å². The predicted octanol–water partition coefficient (Wildman–Crippen LogP) is 4.32. The first-order valence-electron chi connectivity index (χ1n) is 10.8. The van der Waals surface area contributed by atoms with Gasteiger partial charge in [-0.15, -0.1) is 0 Å². The van der Waals surface area contributed by atoms with Gasteiger partial charge in [0.15, 0.2) is 12.2 Å². The van der Waals surface area contributed by atoms with Crippen LogP contribution in [0.25, 0.3) is 11.3 Å². The maximum atomic E-state index is 12.6. The number of nitrogens with one attached hydrogen (secondary N) is 3. The number of hydrogen-bond acceptors (Lipinski definition) is 7. The summed E-state index contributed by atoms with van der Waals surface area (Å²) in [6, 6.07) is 10.4. The van der Waals surface area contributed by atoms with E-state index in [2.05, 4.69) is 20.9 Å². The Balaban J connectivity index is 1.35. The first-order chi connectivity index (χ1) is 16.5. The molecule has 10 nitrogen and oxygen atoms in total. The van der Waals surface area contributed by atoms with Crippen molar-refractivity contribution >= 4 is 23.5 Å². The second kappa shape index (κ2) is 10.7. The van der Waals surface area contributed by atoms with Crippen molar-refractivity contribution in [2.75, 3.05) is 31.0 Å². The lowest BCUT2D eigenvalue weighted by Crippen LogP contribution is -2.28. The molecule has 0 saturated carbocycles. The number of nitrogens with zero attached hydrogens (tertiary/aromatic N) is 1. The van der Waals surface area contributed by atoms with Crippen molar-refractivity contribution in [3.05, 3.63) is 60.1 Å². The molecular weight excluding hydrogens is 440 g/mol. The van der Waals surface area contributed by atoms with Crippen LogP contribution in [-0.2, 0) is 16.0 Å². The molecule has 1 aliphatic heterocycles. The summed E-state index contributed by atoms with van der Waals surface area (Å²) < 4.78 is 21.2. The Labute approximate surface area is 196 Å². The monoisotopic (exact) mass is 466 g/mol. The Bertz CT molecular complexity index is 1140. The number of ether oxygens (including phenoxy) is 3. The first kappa shape index (κ1) is 23.1. The minimum atomic E-state index is -0.494. The summed E-state index contributed by atoms with van der Waals surface area (Å²) in [4.78, 5) is 28.5. The zero-order valence-corrected chi connectivity index (χ0v) is 18.9. The van der Waals surface area contributed by atoms with Gasteiger partial charge in [-0.3, -0.25) is 0 Å². The number of anilines is 2. The van der Waals surface area contributed by atoms with Gasteiger partial charge < -0.3 is 34.6 Å². The van der Waals surface area contributed by atoms with Gasteiger partial charge in [-0.2, -0.15) is 0 Å². The van der Waals surface area contributed by atoms with Crippen molar-refractivity contribution in [3.8, 4) is 17.1 Å². The molecule has 3 N–H and O–H groups in total. The third-order valence-corrected chi connectivity index (χ3v) is 5.15. The summed E-state index contributed by atoms with van der Waals surface area (Å²) in [5, 5.41) is 8.34. The van der Waals surface area contributed by atoms with E-state index in [9.17, 15) is 9.59 Å². The highest BCUT2D eigenvalue weighted by molar-refractivity contribution is 6.00. The number of alkyl carbamates (subject to hydrolysis) is 1. The van der Waals surface area contributed by atoms with Gasteiger partial charge in [0, 0.05) is 30.4 Å². The third kappa shape index (κ3) is 6.04. The molecule has 10 heteroatoms. The molecule has 0 unspecified atom stereocenters. The number of hydrogen-bond donors (Lipinski definition) is 3. The minimum Gasteiger partial charge on any atom is -0.496 e. The van der Waals surface area contributed by atoms with Crippen LogP contribution in [0.2, 0.25) is 0 Å². The largest absolute Gasteiger partial charge is 0.496 e. The Kier molecular flexibility index (Phi) is 7.28. The molecular formula is C24H26N4O6. The molecule has 0 bridgehead atoms. The molecule has 1 saturated heterocycles. The molecule has 1 fully saturated rings. The molecule has 3 aromatic rings. The van der Waals surface area contributed by atoms with Gasteiger partial charge >= 0.3 is 12.1 Å². The van der Waals surface area contributed by atoms with Crippen LogP contribution in [0.1, 0.15) is 17.5 Å². The van der Waals surface area contributed by atoms with Crippen molar-refractivity contribution in [2.24, 2.45) is 0 Å². The van der Waals surface area contributed by atoms with Crippen LogP contribution in [0.3, 0.4) is 0 Å². The van der Waals surface area contributed by atoms with Gasteiger partial charge in [-0.25, -0.2) is 14.6 Å². The average molecular weight is 466 g/mol. The normalized spacial score (nSPS) is 14.9. The molecule has 0 radical (unpaired) electrons. The molecule has 1 aliphatic rings. The van der Waals surface area contributed by atoms with E-state index in [0.717, 1.165) is 16.7 Å². The maximum Gasteiger partial charge on any atom is 0.407 e. The van der Waals surface area contributed by atoms with Gasteiger partial charge in [0.2, 0.25) is 0 Å². The SMILES string of the molecule is COc1cc(NC(=O)Nc2cc(C)cc(CNC(=O)O[C@H]3CCOC3)c2)ccc1-c1cnco1. The topological polar surface area (TPSA) is 124 Å². The second-order valence-corrected chi connectivity index (χ2v) is 7.81. The van der Waals surface area contributed by atoms with Crippen LogP contribution < -0.4 is 20.7 Å². The highest BCUT2D eigenvalue weighted by atomic mass is 16.6. The van der Waals surface area contributed by atoms with Crippen LogP contribution in [0, 0.1) is 6.92 Å². The fourth-order valence-electron chi connectivity index (χ4n) is 3.62. The van der Waals surface area contributed by atoms with Crippen molar-refractivity contribution in [1.29, 1.82) is 0 Å². The Morgan fingerprint density at radius 3 is 2.74 bits per heavy atom. The van der Waals surface area contributed by atoms with Crippen molar-refractivity contribution in [3.63, 3.8) is 0 Å². The highest BCUT2D eigenvalue weighted by Crippen LogP contribution is 2.32. The fraction of sp³-hybridized carbons (Fsp3) is 0.292. The molecule has 2 heterocycles. The van der Waals surface area contributed by atoms with Crippen molar-refractivity contribution in [1.82, 2.24) is 10.3 Å². The number of oxazole rings is 1. The quantitative estimate of drug-likeness (QED) is 0.474. The van der Waals surface area contributed by atoms with E-state index in [1.807, 2.05) is 19.1 Å². The molecule has 178 valence electrons. The third-order valence-electron chi connectivity index (χ3n) is 5.15. The van der Waals surface area contributed by atoms with E-state index < -0.39 is 12.1 Å². The molecule has 2 aromatic carbocycles. The van der Waals surface area contributed by atoms with Crippen LogP contribution in [0.15, 0.2) is 53.4 Å². The lowest BCUT2D eigenvalue weighted by molar-refractivity contribution is 0.0828. The lowest BCUT2D eigenvalue weighted by atomic mass is 10.1. The van der Waals surface area contributed by atoms with Gasteiger partial charge in [0.25, 0.3) is 0 Å². The first-order valence-corrected chi connectivity index (χ1v) is 10.8. The second-order valence-electron chi connectivity index (χ2n) is 7.81. The molecule has 0 spiro atoms. The number of carbonyl (C=O) groups is 2. The summed E-state index contributed by atoms with van der Waals surface area (Å²) >= 11 is 0. The van der Waals surface area contributed by atoms with E-state index in [0.29, 0.717) is 42.5 Å². The van der Waals surface area contributed by atoms with Crippen LogP contribution in [0.4, 0.5) is 21.0 Å². The van der Waals surface area contributed by atoms with Gasteiger partial charge in [0.1, 0.15) is 11.9 Å². The molecule has 34 heavy (non-hydrogen) atoms. The van der Waals surface area contributed by atoms with Gasteiger partial charge in [-0.1, -0.05) is 6.07 Å². The Morgan fingerprint density at radius 2 is 2.00 bits per heavy atom. The summed E-state index contributed by atoms with van der Waals surface area (Å²) in [5.74, 6) is 1.10. The zero-order chi connectivity index (χ0) is 23.9. The van der Waals surface area contributed by atoms with Crippen LogP contribution >= 0.6 is 0 Å². The van der Waals surface area contributed by atoms with Gasteiger partial charge in [0.05, 0.1) is 32.1 Å². The number of rotatable bonds is 7. The number of urea groups is 1. The Hall–Kier alpha value is -4.05. The molecule has 1 aromatic heterocycles. The fourth-order valence-corrected chi connectivity index (χ4v) is 3.62. The molecule has 0 aliphatic carbocycles. The van der Waals surface area contributed by atoms with Crippen molar-refractivity contribution in [2.45, 2.75) is 26.0 Å². The zero-order valence-electron chi connectivity index (χ0n) is 18.9. The number of aryl methyl sites for hydroxylation is 1. The predicted molar refractivity (Wildman–Crippen MR) is 125 cm³/mol. The molecule has 1 atom stereocenters. The van der Waals surface area contributed by atoms with E-state index in [-0.39, 0.29) is 12.6 Å². The van der Waals surface area contributed by atoms with Crippen LogP contribution in [-0.4, -0.2) is 43.5 Å². The van der Waals surface area contributed by atoms with Gasteiger partial charge in [-0.05, 0) is 42.3 Å². The van der Waals surface area contributed by atoms with Crippen molar-refractivity contribution < 1.29 is 28.2 Å². The van der Waals surface area contributed by atoms with E-state index in [4.69, 9.17) is 18.6 Å². The minimum absolute atomic E-state index is 0.207. The van der Waals surface area contributed by atoms with E-state index in [1.54, 1.807) is 37.6 Å². The number of methoxy groups -OCH3 is 1. The number of amides is 3. The smallest absolute Gasteiger partial charge is 0.407 e. The highest BCUT2D eigenvalue weighted by Gasteiger charge is 2.19. The summed E-state index contributed by atoms with van der Waals surface area (Å²) in [7, 11) is 1.54. The summed E-state index contributed by atoms with van der Waals surface area (Å²) in [6.45, 7) is 3.21. The molecule has 3 amide bonds. The standard InChI is InChI=1S/C24H26N4O6/c1-15-7-16(11-26-24(30)34-19-5-6-32-13-19)9-18(8-15)28-23(29)27-17-3-4-20(21(10-17)31-2)22-12-25-14-33-22/h3-4,7-10,12,14,19H,5-6,11,13H2,1-2H3,(H,26,30)(H2,27,28,29)/t19-/m0/s1. The molecule has 4 rings (SSSR count). The van der Waals surface area contributed by atoms with E-state index in [1.165, 1.54) is 6.39 Å². The average Bonchev–Trinajstić information content (AvgIpc) is 3.52. The number of benzene rings is 2. The summed E-state index contributed by atoms with van der Waals surface area (Å²) in [5.41, 5.74) is 3.63. The lowest BCUT2D eigenvalue weighted by Gasteiger charge is -2.13. The number of aromatic nitrogens is 1. The summed E-state index contributed by atoms with van der Waals surface area (Å²) in [6.07, 6.45) is 2.93. The maximum absolute atomic E-state index is 12.6.